The highest BCUT2D eigenvalue weighted by atomic mass is 35.5. The van der Waals surface area contributed by atoms with Crippen molar-refractivity contribution in [3.63, 3.8) is 0 Å². The van der Waals surface area contributed by atoms with E-state index in [-0.39, 0.29) is 46.1 Å². The summed E-state index contributed by atoms with van der Waals surface area (Å²) in [7, 11) is -2.87. The minimum Gasteiger partial charge on any atom is -0.495 e. The first-order valence-corrected chi connectivity index (χ1v) is 16.9. The maximum atomic E-state index is 14.6. The van der Waals surface area contributed by atoms with Crippen molar-refractivity contribution in [2.24, 2.45) is 5.92 Å². The summed E-state index contributed by atoms with van der Waals surface area (Å²) in [6.45, 7) is 5.85. The van der Waals surface area contributed by atoms with E-state index in [2.05, 4.69) is 5.32 Å². The first-order valence-electron chi connectivity index (χ1n) is 15.1. The number of anilines is 1. The van der Waals surface area contributed by atoms with Gasteiger partial charge in [0.05, 0.1) is 17.7 Å². The van der Waals surface area contributed by atoms with Gasteiger partial charge in [-0.15, -0.1) is 0 Å². The summed E-state index contributed by atoms with van der Waals surface area (Å²) < 4.78 is 35.0. The molecule has 46 heavy (non-hydrogen) atoms. The molecule has 1 N–H and O–H groups in total. The molecule has 0 fully saturated rings. The van der Waals surface area contributed by atoms with Gasteiger partial charge in [-0.05, 0) is 54.3 Å². The molecule has 4 aromatic carbocycles. The summed E-state index contributed by atoms with van der Waals surface area (Å²) in [5, 5.41) is 3.26. The van der Waals surface area contributed by atoms with Gasteiger partial charge in [0, 0.05) is 24.5 Å². The number of nitrogens with zero attached hydrogens (tertiary/aromatic N) is 2. The molecule has 4 rings (SSSR count). The normalized spacial score (nSPS) is 12.0. The molecule has 4 aromatic rings. The van der Waals surface area contributed by atoms with Crippen LogP contribution in [-0.4, -0.2) is 51.4 Å². The van der Waals surface area contributed by atoms with Crippen molar-refractivity contribution in [1.82, 2.24) is 10.2 Å². The molecule has 0 aliphatic rings. The fraction of sp³-hybridized carbons (Fsp3) is 0.278. The largest absolute Gasteiger partial charge is 0.495 e. The number of carbonyl (C=O) groups is 2. The maximum Gasteiger partial charge on any atom is 0.264 e. The molecule has 0 aliphatic carbocycles. The number of hydrogen-bond acceptors (Lipinski definition) is 5. The molecule has 0 radical (unpaired) electrons. The fourth-order valence-electron chi connectivity index (χ4n) is 4.96. The van der Waals surface area contributed by atoms with Crippen LogP contribution < -0.4 is 14.4 Å². The summed E-state index contributed by atoms with van der Waals surface area (Å²) in [6.07, 6.45) is 0.230. The van der Waals surface area contributed by atoms with E-state index in [1.54, 1.807) is 30.3 Å². The standard InChI is InChI=1S/C36H40ClN3O5S/c1-26(2)23-38-36(42)33(21-28-11-7-5-8-12-28)39(24-29-17-15-27(3)16-18-29)35(41)25-40(32-22-30(37)19-20-34(32)45-4)46(43,44)31-13-9-6-10-14-31/h5-20,22,26,33H,21,23-25H2,1-4H3,(H,38,42). The molecule has 0 saturated carbocycles. The molecule has 8 nitrogen and oxygen atoms in total. The molecule has 10 heteroatoms. The lowest BCUT2D eigenvalue weighted by Gasteiger charge is -2.34. The molecular weight excluding hydrogens is 622 g/mol. The van der Waals surface area contributed by atoms with Crippen molar-refractivity contribution in [3.05, 3.63) is 125 Å². The van der Waals surface area contributed by atoms with Crippen molar-refractivity contribution >= 4 is 39.1 Å². The lowest BCUT2D eigenvalue weighted by atomic mass is 10.0. The summed E-state index contributed by atoms with van der Waals surface area (Å²) in [5.41, 5.74) is 2.81. The molecule has 0 heterocycles. The van der Waals surface area contributed by atoms with Gasteiger partial charge in [0.25, 0.3) is 10.0 Å². The third-order valence-corrected chi connectivity index (χ3v) is 9.46. The Hall–Kier alpha value is -4.34. The first kappa shape index (κ1) is 34.5. The number of amides is 2. The Morgan fingerprint density at radius 3 is 2.11 bits per heavy atom. The summed E-state index contributed by atoms with van der Waals surface area (Å²) in [5.74, 6) is -0.486. The van der Waals surface area contributed by atoms with Crippen LogP contribution in [0, 0.1) is 12.8 Å². The number of nitrogens with one attached hydrogen (secondary N) is 1. The molecule has 0 aromatic heterocycles. The second-order valence-electron chi connectivity index (χ2n) is 11.5. The van der Waals surface area contributed by atoms with E-state index in [1.165, 1.54) is 30.2 Å². The van der Waals surface area contributed by atoms with Crippen molar-refractivity contribution in [2.45, 2.75) is 44.7 Å². The van der Waals surface area contributed by atoms with Gasteiger partial charge >= 0.3 is 0 Å². The number of sulfonamides is 1. The number of aryl methyl sites for hydroxylation is 1. The summed E-state index contributed by atoms with van der Waals surface area (Å²) in [4.78, 5) is 29.9. The number of hydrogen-bond donors (Lipinski definition) is 1. The Morgan fingerprint density at radius 1 is 0.870 bits per heavy atom. The predicted octanol–water partition coefficient (Wildman–Crippen LogP) is 6.26. The monoisotopic (exact) mass is 661 g/mol. The van der Waals surface area contributed by atoms with Gasteiger partial charge in [0.1, 0.15) is 18.3 Å². The zero-order chi connectivity index (χ0) is 33.3. The highest BCUT2D eigenvalue weighted by molar-refractivity contribution is 7.92. The highest BCUT2D eigenvalue weighted by Crippen LogP contribution is 2.35. The van der Waals surface area contributed by atoms with Crippen LogP contribution in [0.5, 0.6) is 5.75 Å². The summed E-state index contributed by atoms with van der Waals surface area (Å²) in [6, 6.07) is 28.6. The minimum absolute atomic E-state index is 0.00887. The second-order valence-corrected chi connectivity index (χ2v) is 13.8. The zero-order valence-electron chi connectivity index (χ0n) is 26.5. The van der Waals surface area contributed by atoms with Gasteiger partial charge in [-0.1, -0.05) is 104 Å². The van der Waals surface area contributed by atoms with E-state index in [9.17, 15) is 18.0 Å². The fourth-order valence-corrected chi connectivity index (χ4v) is 6.56. The van der Waals surface area contributed by atoms with Gasteiger partial charge in [-0.2, -0.15) is 0 Å². The molecule has 0 spiro atoms. The van der Waals surface area contributed by atoms with E-state index in [0.29, 0.717) is 6.54 Å². The van der Waals surface area contributed by atoms with Crippen molar-refractivity contribution < 1.29 is 22.7 Å². The van der Waals surface area contributed by atoms with E-state index in [0.717, 1.165) is 21.0 Å². The molecule has 0 saturated heterocycles. The lowest BCUT2D eigenvalue weighted by molar-refractivity contribution is -0.140. The molecule has 1 unspecified atom stereocenters. The predicted molar refractivity (Wildman–Crippen MR) is 182 cm³/mol. The zero-order valence-corrected chi connectivity index (χ0v) is 28.1. The SMILES string of the molecule is COc1ccc(Cl)cc1N(CC(=O)N(Cc1ccc(C)cc1)C(Cc1ccccc1)C(=O)NCC(C)C)S(=O)(=O)c1ccccc1. The quantitative estimate of drug-likeness (QED) is 0.172. The first-order chi connectivity index (χ1) is 22.0. The number of ether oxygens (including phenoxy) is 1. The van der Waals surface area contributed by atoms with E-state index < -0.39 is 28.5 Å². The molecule has 1 atom stereocenters. The van der Waals surface area contributed by atoms with Crippen molar-refractivity contribution in [2.75, 3.05) is 24.5 Å². The Balaban J connectivity index is 1.83. The van der Waals surface area contributed by atoms with Crippen LogP contribution in [0.2, 0.25) is 5.02 Å². The average Bonchev–Trinajstić information content (AvgIpc) is 3.05. The highest BCUT2D eigenvalue weighted by Gasteiger charge is 2.35. The number of halogens is 1. The Kier molecular flexibility index (Phi) is 11.8. The van der Waals surface area contributed by atoms with Crippen molar-refractivity contribution in [1.29, 1.82) is 0 Å². The van der Waals surface area contributed by atoms with Gasteiger partial charge in [-0.3, -0.25) is 13.9 Å². The third kappa shape index (κ3) is 8.89. The van der Waals surface area contributed by atoms with Crippen LogP contribution in [0.15, 0.2) is 108 Å². The van der Waals surface area contributed by atoms with Crippen LogP contribution in [-0.2, 0) is 32.6 Å². The second kappa shape index (κ2) is 15.8. The Bertz CT molecular complexity index is 1720. The number of benzene rings is 4. The molecule has 2 amide bonds. The van der Waals surface area contributed by atoms with Crippen LogP contribution >= 0.6 is 11.6 Å². The van der Waals surface area contributed by atoms with Gasteiger partial charge in [-0.25, -0.2) is 8.42 Å². The van der Waals surface area contributed by atoms with Crippen molar-refractivity contribution in [3.8, 4) is 5.75 Å². The van der Waals surface area contributed by atoms with E-state index >= 15 is 0 Å². The van der Waals surface area contributed by atoms with E-state index in [1.807, 2.05) is 75.4 Å². The number of carbonyl (C=O) groups excluding carboxylic acids is 2. The topological polar surface area (TPSA) is 96.0 Å². The molecule has 0 bridgehead atoms. The third-order valence-electron chi connectivity index (χ3n) is 7.45. The van der Waals surface area contributed by atoms with Gasteiger partial charge < -0.3 is 15.0 Å². The van der Waals surface area contributed by atoms with Gasteiger partial charge in [0.15, 0.2) is 0 Å². The van der Waals surface area contributed by atoms with Crippen LogP contribution in [0.4, 0.5) is 5.69 Å². The minimum atomic E-state index is -4.29. The van der Waals surface area contributed by atoms with Gasteiger partial charge in [0.2, 0.25) is 11.8 Å². The Morgan fingerprint density at radius 2 is 1.50 bits per heavy atom. The average molecular weight is 662 g/mol. The van der Waals surface area contributed by atoms with E-state index in [4.69, 9.17) is 16.3 Å². The molecular formula is C36H40ClN3O5S. The maximum absolute atomic E-state index is 14.6. The summed E-state index contributed by atoms with van der Waals surface area (Å²) >= 11 is 6.35. The smallest absolute Gasteiger partial charge is 0.264 e. The van der Waals surface area contributed by atoms with Crippen LogP contribution in [0.1, 0.15) is 30.5 Å². The number of methoxy groups -OCH3 is 1. The molecule has 0 aliphatic heterocycles. The molecule has 242 valence electrons. The van der Waals surface area contributed by atoms with Crippen LogP contribution in [0.3, 0.4) is 0 Å². The Labute approximate surface area is 277 Å². The number of rotatable bonds is 14. The lowest BCUT2D eigenvalue weighted by Crippen LogP contribution is -2.53. The van der Waals surface area contributed by atoms with Crippen LogP contribution in [0.25, 0.3) is 0 Å².